The second-order valence-corrected chi connectivity index (χ2v) is 6.29. The van der Waals surface area contributed by atoms with Crippen LogP contribution in [0.4, 0.5) is 0 Å². The third-order valence-electron chi connectivity index (χ3n) is 3.89. The van der Waals surface area contributed by atoms with Gasteiger partial charge in [-0.15, -0.1) is 6.58 Å². The maximum Gasteiger partial charge on any atom is 0.118 e. The topological polar surface area (TPSA) is 29.5 Å². The molecule has 0 aliphatic carbocycles. The van der Waals surface area contributed by atoms with E-state index in [0.29, 0.717) is 6.42 Å². The van der Waals surface area contributed by atoms with Crippen molar-refractivity contribution < 1.29 is 9.84 Å². The van der Waals surface area contributed by atoms with Gasteiger partial charge in [0.25, 0.3) is 0 Å². The number of rotatable bonds is 10. The molecule has 0 aliphatic heterocycles. The van der Waals surface area contributed by atoms with E-state index in [1.807, 2.05) is 37.3 Å². The molecule has 1 atom stereocenters. The first-order chi connectivity index (χ1) is 10.5. The van der Waals surface area contributed by atoms with E-state index in [2.05, 4.69) is 19.6 Å². The molecule has 2 heteroatoms. The fourth-order valence-corrected chi connectivity index (χ4v) is 2.57. The van der Waals surface area contributed by atoms with Gasteiger partial charge >= 0.3 is 0 Å². The van der Waals surface area contributed by atoms with Crippen LogP contribution in [0.2, 0.25) is 0 Å². The fraction of sp³-hybridized carbons (Fsp3) is 0.500. The summed E-state index contributed by atoms with van der Waals surface area (Å²) in [5, 5.41) is 10.6. The van der Waals surface area contributed by atoms with Crippen molar-refractivity contribution in [3.63, 3.8) is 0 Å². The SMILES string of the molecule is C=CCCC=C(C)CCCC(C)(O)Cc1ccc(OC)cc1. The van der Waals surface area contributed by atoms with Gasteiger partial charge in [0, 0.05) is 6.42 Å². The summed E-state index contributed by atoms with van der Waals surface area (Å²) >= 11 is 0. The Balaban J connectivity index is 2.39. The molecular weight excluding hydrogens is 272 g/mol. The van der Waals surface area contributed by atoms with Crippen LogP contribution in [-0.4, -0.2) is 17.8 Å². The first-order valence-corrected chi connectivity index (χ1v) is 8.08. The van der Waals surface area contributed by atoms with Crippen molar-refractivity contribution in [2.45, 2.75) is 58.0 Å². The summed E-state index contributed by atoms with van der Waals surface area (Å²) in [6.07, 6.45) is 9.88. The van der Waals surface area contributed by atoms with Gasteiger partial charge in [0.05, 0.1) is 12.7 Å². The zero-order valence-corrected chi connectivity index (χ0v) is 14.3. The third kappa shape index (κ3) is 7.46. The second-order valence-electron chi connectivity index (χ2n) is 6.29. The number of methoxy groups -OCH3 is 1. The number of hydrogen-bond donors (Lipinski definition) is 1. The summed E-state index contributed by atoms with van der Waals surface area (Å²) in [7, 11) is 1.66. The van der Waals surface area contributed by atoms with E-state index in [4.69, 9.17) is 4.74 Å². The zero-order chi connectivity index (χ0) is 16.4. The van der Waals surface area contributed by atoms with E-state index >= 15 is 0 Å². The predicted octanol–water partition coefficient (Wildman–Crippen LogP) is 5.07. The molecule has 0 radical (unpaired) electrons. The molecule has 0 spiro atoms. The first-order valence-electron chi connectivity index (χ1n) is 8.08. The lowest BCUT2D eigenvalue weighted by Crippen LogP contribution is -2.27. The number of allylic oxidation sites excluding steroid dienone is 3. The Morgan fingerprint density at radius 2 is 1.95 bits per heavy atom. The molecule has 0 saturated heterocycles. The van der Waals surface area contributed by atoms with Crippen molar-refractivity contribution in [3.8, 4) is 5.75 Å². The highest BCUT2D eigenvalue weighted by Gasteiger charge is 2.20. The summed E-state index contributed by atoms with van der Waals surface area (Å²) in [5.41, 5.74) is 1.89. The van der Waals surface area contributed by atoms with Crippen LogP contribution in [0.25, 0.3) is 0 Å². The van der Waals surface area contributed by atoms with E-state index in [1.54, 1.807) is 7.11 Å². The van der Waals surface area contributed by atoms with Crippen LogP contribution >= 0.6 is 0 Å². The lowest BCUT2D eigenvalue weighted by molar-refractivity contribution is 0.0493. The quantitative estimate of drug-likeness (QED) is 0.483. The van der Waals surface area contributed by atoms with Gasteiger partial charge in [-0.2, -0.15) is 0 Å². The van der Waals surface area contributed by atoms with Crippen molar-refractivity contribution in [1.82, 2.24) is 0 Å². The van der Waals surface area contributed by atoms with Crippen molar-refractivity contribution in [2.75, 3.05) is 7.11 Å². The summed E-state index contributed by atoms with van der Waals surface area (Å²) < 4.78 is 5.16. The maximum atomic E-state index is 10.6. The molecule has 2 nitrogen and oxygen atoms in total. The maximum absolute atomic E-state index is 10.6. The smallest absolute Gasteiger partial charge is 0.118 e. The Morgan fingerprint density at radius 3 is 2.55 bits per heavy atom. The molecule has 0 saturated carbocycles. The molecule has 122 valence electrons. The average Bonchev–Trinajstić information content (AvgIpc) is 2.47. The van der Waals surface area contributed by atoms with Crippen molar-refractivity contribution in [3.05, 3.63) is 54.1 Å². The molecule has 0 heterocycles. The van der Waals surface area contributed by atoms with Gasteiger partial charge in [0.2, 0.25) is 0 Å². The van der Waals surface area contributed by atoms with E-state index in [-0.39, 0.29) is 0 Å². The van der Waals surface area contributed by atoms with Crippen molar-refractivity contribution in [1.29, 1.82) is 0 Å². The van der Waals surface area contributed by atoms with Gasteiger partial charge in [-0.1, -0.05) is 29.9 Å². The summed E-state index contributed by atoms with van der Waals surface area (Å²) in [4.78, 5) is 0. The van der Waals surface area contributed by atoms with E-state index in [0.717, 1.165) is 43.4 Å². The van der Waals surface area contributed by atoms with E-state index < -0.39 is 5.60 Å². The molecule has 1 rings (SSSR count). The van der Waals surface area contributed by atoms with E-state index in [1.165, 1.54) is 5.57 Å². The monoisotopic (exact) mass is 302 g/mol. The lowest BCUT2D eigenvalue weighted by atomic mass is 9.90. The molecule has 22 heavy (non-hydrogen) atoms. The van der Waals surface area contributed by atoms with Crippen LogP contribution in [0.3, 0.4) is 0 Å². The Morgan fingerprint density at radius 1 is 1.27 bits per heavy atom. The van der Waals surface area contributed by atoms with Crippen LogP contribution < -0.4 is 4.74 Å². The molecule has 0 bridgehead atoms. The number of unbranched alkanes of at least 4 members (excludes halogenated alkanes) is 1. The largest absolute Gasteiger partial charge is 0.497 e. The highest BCUT2D eigenvalue weighted by Crippen LogP contribution is 2.22. The van der Waals surface area contributed by atoms with Crippen LogP contribution in [0.5, 0.6) is 5.75 Å². The van der Waals surface area contributed by atoms with Crippen LogP contribution in [-0.2, 0) is 6.42 Å². The third-order valence-corrected chi connectivity index (χ3v) is 3.89. The number of hydrogen-bond acceptors (Lipinski definition) is 2. The zero-order valence-electron chi connectivity index (χ0n) is 14.3. The minimum Gasteiger partial charge on any atom is -0.497 e. The first kappa shape index (κ1) is 18.5. The van der Waals surface area contributed by atoms with Gasteiger partial charge in [-0.05, 0) is 63.6 Å². The van der Waals surface area contributed by atoms with Gasteiger partial charge in [-0.3, -0.25) is 0 Å². The highest BCUT2D eigenvalue weighted by molar-refractivity contribution is 5.28. The normalized spacial score (nSPS) is 14.5. The highest BCUT2D eigenvalue weighted by atomic mass is 16.5. The second kappa shape index (κ2) is 9.47. The molecule has 1 unspecified atom stereocenters. The van der Waals surface area contributed by atoms with Crippen LogP contribution in [0, 0.1) is 0 Å². The molecular formula is C20H30O2. The molecule has 0 amide bonds. The predicted molar refractivity (Wildman–Crippen MR) is 94.4 cm³/mol. The van der Waals surface area contributed by atoms with Crippen molar-refractivity contribution in [2.24, 2.45) is 0 Å². The Kier molecular flexibility index (Phi) is 7.97. The Hall–Kier alpha value is -1.54. The minimum atomic E-state index is -0.657. The van der Waals surface area contributed by atoms with Gasteiger partial charge in [-0.25, -0.2) is 0 Å². The van der Waals surface area contributed by atoms with Gasteiger partial charge in [0.15, 0.2) is 0 Å². The Labute approximate surface area is 135 Å². The fourth-order valence-electron chi connectivity index (χ4n) is 2.57. The Bertz CT molecular complexity index is 469. The molecule has 1 aromatic rings. The summed E-state index contributed by atoms with van der Waals surface area (Å²) in [5.74, 6) is 0.851. The number of benzene rings is 1. The van der Waals surface area contributed by atoms with Crippen molar-refractivity contribution >= 4 is 0 Å². The number of ether oxygens (including phenoxy) is 1. The van der Waals surface area contributed by atoms with Crippen LogP contribution in [0.15, 0.2) is 48.6 Å². The van der Waals surface area contributed by atoms with Gasteiger partial charge < -0.3 is 9.84 Å². The van der Waals surface area contributed by atoms with Crippen LogP contribution in [0.1, 0.15) is 51.5 Å². The number of aliphatic hydroxyl groups is 1. The van der Waals surface area contributed by atoms with Gasteiger partial charge in [0.1, 0.15) is 5.75 Å². The summed E-state index contributed by atoms with van der Waals surface area (Å²) in [6.45, 7) is 7.83. The molecule has 1 N–H and O–H groups in total. The minimum absolute atomic E-state index is 0.657. The molecule has 0 aliphatic rings. The summed E-state index contributed by atoms with van der Waals surface area (Å²) in [6, 6.07) is 7.93. The molecule has 1 aromatic carbocycles. The molecule has 0 aromatic heterocycles. The lowest BCUT2D eigenvalue weighted by Gasteiger charge is -2.23. The average molecular weight is 302 g/mol. The molecule has 0 fully saturated rings. The standard InChI is InChI=1S/C20H30O2/c1-5-6-7-9-17(2)10-8-15-20(3,21)16-18-11-13-19(22-4)14-12-18/h5,9,11-14,21H,1,6-8,10,15-16H2,2-4H3. The van der Waals surface area contributed by atoms with E-state index in [9.17, 15) is 5.11 Å².